The van der Waals surface area contributed by atoms with Crippen LogP contribution in [0.3, 0.4) is 0 Å². The van der Waals surface area contributed by atoms with Gasteiger partial charge in [-0.3, -0.25) is 15.2 Å². The number of rotatable bonds is 4. The van der Waals surface area contributed by atoms with Gasteiger partial charge in [0.1, 0.15) is 6.04 Å². The third-order valence-electron chi connectivity index (χ3n) is 4.54. The van der Waals surface area contributed by atoms with Crippen molar-refractivity contribution >= 4 is 5.91 Å². The molecule has 108 valence electrons. The van der Waals surface area contributed by atoms with E-state index in [0.717, 1.165) is 18.4 Å². The highest BCUT2D eigenvalue weighted by Crippen LogP contribution is 2.31. The van der Waals surface area contributed by atoms with Crippen molar-refractivity contribution in [3.63, 3.8) is 0 Å². The first-order chi connectivity index (χ1) is 9.79. The summed E-state index contributed by atoms with van der Waals surface area (Å²) in [6, 6.07) is 4.36. The van der Waals surface area contributed by atoms with E-state index >= 15 is 0 Å². The van der Waals surface area contributed by atoms with Crippen LogP contribution in [0.1, 0.15) is 44.2 Å². The van der Waals surface area contributed by atoms with E-state index in [4.69, 9.17) is 0 Å². The van der Waals surface area contributed by atoms with Crippen LogP contribution < -0.4 is 16.2 Å². The number of hydrogen-bond donors (Lipinski definition) is 3. The largest absolute Gasteiger partial charge is 0.348 e. The van der Waals surface area contributed by atoms with E-state index < -0.39 is 0 Å². The summed E-state index contributed by atoms with van der Waals surface area (Å²) in [5.74, 6) is 0.542. The minimum absolute atomic E-state index is 0.0627. The average Bonchev–Trinajstić information content (AvgIpc) is 3.08. The third-order valence-corrected chi connectivity index (χ3v) is 4.54. The number of carbonyl (C=O) groups is 1. The zero-order chi connectivity index (χ0) is 13.9. The molecule has 5 heteroatoms. The molecule has 0 bridgehead atoms. The molecule has 2 fully saturated rings. The van der Waals surface area contributed by atoms with Crippen molar-refractivity contribution in [1.29, 1.82) is 0 Å². The predicted molar refractivity (Wildman–Crippen MR) is 76.6 cm³/mol. The molecule has 1 aromatic heterocycles. The molecule has 0 radical (unpaired) electrons. The first kappa shape index (κ1) is 13.5. The molecule has 4 atom stereocenters. The number of pyridine rings is 1. The van der Waals surface area contributed by atoms with Gasteiger partial charge in [0.25, 0.3) is 0 Å². The highest BCUT2D eigenvalue weighted by atomic mass is 16.2. The third kappa shape index (κ3) is 2.55. The van der Waals surface area contributed by atoms with Gasteiger partial charge in [0.05, 0.1) is 6.04 Å². The Bertz CT molecular complexity index is 464. The lowest BCUT2D eigenvalue weighted by atomic mass is 9.96. The van der Waals surface area contributed by atoms with Gasteiger partial charge in [-0.25, -0.2) is 5.43 Å². The van der Waals surface area contributed by atoms with Crippen LogP contribution in [0.5, 0.6) is 0 Å². The van der Waals surface area contributed by atoms with Crippen LogP contribution in [0.25, 0.3) is 0 Å². The molecule has 20 heavy (non-hydrogen) atoms. The number of hydrazine groups is 1. The molecular formula is C15H22N4O. The van der Waals surface area contributed by atoms with Gasteiger partial charge in [-0.1, -0.05) is 13.3 Å². The summed E-state index contributed by atoms with van der Waals surface area (Å²) in [6.45, 7) is 2.09. The molecule has 0 aromatic carbocycles. The molecule has 3 N–H and O–H groups in total. The molecule has 3 rings (SSSR count). The van der Waals surface area contributed by atoms with Gasteiger partial charge < -0.3 is 5.32 Å². The fraction of sp³-hybridized carbons (Fsp3) is 0.600. The van der Waals surface area contributed by atoms with Gasteiger partial charge in [-0.2, -0.15) is 0 Å². The van der Waals surface area contributed by atoms with Crippen molar-refractivity contribution in [3.05, 3.63) is 30.1 Å². The molecule has 0 spiro atoms. The summed E-state index contributed by atoms with van der Waals surface area (Å²) in [6.07, 6.45) is 7.94. The zero-order valence-electron chi connectivity index (χ0n) is 11.8. The van der Waals surface area contributed by atoms with Crippen LogP contribution in [-0.4, -0.2) is 23.0 Å². The van der Waals surface area contributed by atoms with E-state index in [1.54, 1.807) is 12.4 Å². The van der Waals surface area contributed by atoms with Crippen LogP contribution in [0.15, 0.2) is 24.5 Å². The predicted octanol–water partition coefficient (Wildman–Crippen LogP) is 1.29. The monoisotopic (exact) mass is 274 g/mol. The number of carbonyl (C=O) groups excluding carboxylic acids is 1. The summed E-state index contributed by atoms with van der Waals surface area (Å²) in [7, 11) is 0. The Morgan fingerprint density at radius 1 is 1.40 bits per heavy atom. The molecule has 1 aliphatic carbocycles. The molecule has 2 aliphatic rings. The van der Waals surface area contributed by atoms with Crippen molar-refractivity contribution in [1.82, 2.24) is 21.2 Å². The van der Waals surface area contributed by atoms with E-state index in [9.17, 15) is 4.79 Å². The van der Waals surface area contributed by atoms with E-state index in [0.29, 0.717) is 12.0 Å². The number of amides is 1. The summed E-state index contributed by atoms with van der Waals surface area (Å²) < 4.78 is 0. The van der Waals surface area contributed by atoms with Crippen LogP contribution >= 0.6 is 0 Å². The van der Waals surface area contributed by atoms with Gasteiger partial charge in [0.2, 0.25) is 5.91 Å². The molecule has 4 unspecified atom stereocenters. The molecule has 2 heterocycles. The Morgan fingerprint density at radius 3 is 2.95 bits per heavy atom. The standard InChI is InChI=1S/C15H22N4O/c1-2-12(10-6-8-16-9-7-10)17-15(20)14-11-4-3-5-13(11)18-19-14/h6-9,11-14,18-19H,2-5H2,1H3,(H,17,20). The lowest BCUT2D eigenvalue weighted by Gasteiger charge is -2.22. The van der Waals surface area contributed by atoms with Crippen LogP contribution in [0, 0.1) is 5.92 Å². The Labute approximate surface area is 119 Å². The van der Waals surface area contributed by atoms with Gasteiger partial charge >= 0.3 is 0 Å². The van der Waals surface area contributed by atoms with Crippen molar-refractivity contribution < 1.29 is 4.79 Å². The van der Waals surface area contributed by atoms with E-state index in [1.807, 2.05) is 12.1 Å². The average molecular weight is 274 g/mol. The number of fused-ring (bicyclic) bond motifs is 1. The van der Waals surface area contributed by atoms with E-state index in [-0.39, 0.29) is 18.0 Å². The van der Waals surface area contributed by atoms with E-state index in [1.165, 1.54) is 12.8 Å². The fourth-order valence-corrected chi connectivity index (χ4v) is 3.41. The minimum atomic E-state index is -0.0987. The van der Waals surface area contributed by atoms with E-state index in [2.05, 4.69) is 28.1 Å². The maximum Gasteiger partial charge on any atom is 0.239 e. The second-order valence-corrected chi connectivity index (χ2v) is 5.72. The Kier molecular flexibility index (Phi) is 3.98. The second kappa shape index (κ2) is 5.89. The highest BCUT2D eigenvalue weighted by Gasteiger charge is 2.42. The lowest BCUT2D eigenvalue weighted by molar-refractivity contribution is -0.124. The lowest BCUT2D eigenvalue weighted by Crippen LogP contribution is -2.46. The highest BCUT2D eigenvalue weighted by molar-refractivity contribution is 5.83. The van der Waals surface area contributed by atoms with Gasteiger partial charge in [-0.05, 0) is 37.0 Å². The molecule has 1 aliphatic heterocycles. The summed E-state index contributed by atoms with van der Waals surface area (Å²) in [5, 5.41) is 3.17. The fourth-order valence-electron chi connectivity index (χ4n) is 3.41. The second-order valence-electron chi connectivity index (χ2n) is 5.72. The van der Waals surface area contributed by atoms with Crippen LogP contribution in [0.4, 0.5) is 0 Å². The smallest absolute Gasteiger partial charge is 0.239 e. The van der Waals surface area contributed by atoms with Gasteiger partial charge in [0, 0.05) is 24.4 Å². The Balaban J connectivity index is 1.66. The summed E-state index contributed by atoms with van der Waals surface area (Å²) in [4.78, 5) is 16.5. The van der Waals surface area contributed by atoms with Gasteiger partial charge in [0.15, 0.2) is 0 Å². The molecular weight excluding hydrogens is 252 g/mol. The van der Waals surface area contributed by atoms with Crippen molar-refractivity contribution in [2.24, 2.45) is 5.92 Å². The SMILES string of the molecule is CCC(NC(=O)C1NNC2CCCC21)c1ccncc1. The summed E-state index contributed by atoms with van der Waals surface area (Å²) >= 11 is 0. The molecule has 1 amide bonds. The number of nitrogens with one attached hydrogen (secondary N) is 3. The molecule has 1 aromatic rings. The summed E-state index contributed by atoms with van der Waals surface area (Å²) in [5.41, 5.74) is 7.54. The first-order valence-electron chi connectivity index (χ1n) is 7.51. The molecule has 5 nitrogen and oxygen atoms in total. The zero-order valence-corrected chi connectivity index (χ0v) is 11.8. The first-order valence-corrected chi connectivity index (χ1v) is 7.51. The topological polar surface area (TPSA) is 66.1 Å². The quantitative estimate of drug-likeness (QED) is 0.774. The van der Waals surface area contributed by atoms with Gasteiger partial charge in [-0.15, -0.1) is 0 Å². The maximum atomic E-state index is 12.5. The normalized spacial score (nSPS) is 29.9. The number of aromatic nitrogens is 1. The minimum Gasteiger partial charge on any atom is -0.348 e. The van der Waals surface area contributed by atoms with Crippen molar-refractivity contribution in [3.8, 4) is 0 Å². The van der Waals surface area contributed by atoms with Crippen molar-refractivity contribution in [2.45, 2.75) is 50.7 Å². The van der Waals surface area contributed by atoms with Crippen LogP contribution in [0.2, 0.25) is 0 Å². The molecule has 1 saturated heterocycles. The number of hydrogen-bond acceptors (Lipinski definition) is 4. The molecule has 1 saturated carbocycles. The van der Waals surface area contributed by atoms with Crippen LogP contribution in [-0.2, 0) is 4.79 Å². The number of nitrogens with zero attached hydrogens (tertiary/aromatic N) is 1. The van der Waals surface area contributed by atoms with Crippen molar-refractivity contribution in [2.75, 3.05) is 0 Å². The Hall–Kier alpha value is -1.46. The Morgan fingerprint density at radius 2 is 2.20 bits per heavy atom. The maximum absolute atomic E-state index is 12.5.